The fraction of sp³-hybridized carbons (Fsp3) is 1.00. The van der Waals surface area contributed by atoms with Crippen molar-refractivity contribution in [2.24, 2.45) is 5.73 Å². The molecule has 0 atom stereocenters. The van der Waals surface area contributed by atoms with Gasteiger partial charge in [0.05, 0.1) is 0 Å². The van der Waals surface area contributed by atoms with Crippen LogP contribution < -0.4 is 15.2 Å². The van der Waals surface area contributed by atoms with Crippen LogP contribution in [0.25, 0.3) is 0 Å². The molecule has 0 saturated carbocycles. The highest BCUT2D eigenvalue weighted by Gasteiger charge is 2.21. The van der Waals surface area contributed by atoms with Crippen LogP contribution in [0.3, 0.4) is 0 Å². The quantitative estimate of drug-likeness (QED) is 0.624. The van der Waals surface area contributed by atoms with Gasteiger partial charge in [0.15, 0.2) is 0 Å². The predicted octanol–water partition coefficient (Wildman–Crippen LogP) is -0.0538. The Morgan fingerprint density at radius 2 is 1.57 bits per heavy atom. The van der Waals surface area contributed by atoms with Gasteiger partial charge in [0.1, 0.15) is 0 Å². The first-order valence-corrected chi connectivity index (χ1v) is 5.97. The van der Waals surface area contributed by atoms with E-state index in [1.54, 1.807) is 34.6 Å². The van der Waals surface area contributed by atoms with Gasteiger partial charge in [-0.1, -0.05) is 0 Å². The summed E-state index contributed by atoms with van der Waals surface area (Å²) in [4.78, 5) is 0. The lowest BCUT2D eigenvalue weighted by Gasteiger charge is -2.23. The van der Waals surface area contributed by atoms with E-state index in [9.17, 15) is 8.42 Å². The molecule has 5 nitrogen and oxygen atoms in total. The zero-order valence-corrected chi connectivity index (χ0v) is 10.3. The van der Waals surface area contributed by atoms with Crippen LogP contribution in [0.15, 0.2) is 0 Å². The van der Waals surface area contributed by atoms with Gasteiger partial charge in [0.25, 0.3) is 10.2 Å². The van der Waals surface area contributed by atoms with E-state index < -0.39 is 21.3 Å². The van der Waals surface area contributed by atoms with Crippen LogP contribution in [0.1, 0.15) is 34.6 Å². The molecule has 0 aliphatic heterocycles. The third kappa shape index (κ3) is 8.43. The van der Waals surface area contributed by atoms with E-state index in [1.165, 1.54) is 0 Å². The molecule has 4 N–H and O–H groups in total. The van der Waals surface area contributed by atoms with Crippen molar-refractivity contribution in [3.8, 4) is 0 Å². The molecule has 0 aromatic carbocycles. The Morgan fingerprint density at radius 1 is 1.14 bits per heavy atom. The Hall–Kier alpha value is -0.170. The lowest BCUT2D eigenvalue weighted by atomic mass is 10.1. The maximum absolute atomic E-state index is 11.4. The highest BCUT2D eigenvalue weighted by atomic mass is 32.2. The molecule has 0 bridgehead atoms. The first-order valence-electron chi connectivity index (χ1n) is 4.49. The maximum Gasteiger partial charge on any atom is 0.277 e. The molecule has 0 aliphatic carbocycles. The predicted molar refractivity (Wildman–Crippen MR) is 58.1 cm³/mol. The number of nitrogens with one attached hydrogen (secondary N) is 2. The van der Waals surface area contributed by atoms with Gasteiger partial charge in [-0.15, -0.1) is 0 Å². The Bertz CT molecular complexity index is 272. The average molecular weight is 223 g/mol. The number of rotatable bonds is 4. The second kappa shape index (κ2) is 4.14. The number of hydrogen-bond donors (Lipinski definition) is 3. The minimum absolute atomic E-state index is 0.207. The smallest absolute Gasteiger partial charge is 0.277 e. The van der Waals surface area contributed by atoms with Crippen molar-refractivity contribution in [1.29, 1.82) is 0 Å². The minimum atomic E-state index is -3.45. The first-order chi connectivity index (χ1) is 5.91. The molecule has 0 heterocycles. The summed E-state index contributed by atoms with van der Waals surface area (Å²) in [6.07, 6.45) is 0. The van der Waals surface area contributed by atoms with Crippen LogP contribution in [0.4, 0.5) is 0 Å². The summed E-state index contributed by atoms with van der Waals surface area (Å²) in [5.41, 5.74) is 4.62. The van der Waals surface area contributed by atoms with E-state index in [0.717, 1.165) is 0 Å². The van der Waals surface area contributed by atoms with Gasteiger partial charge in [-0.05, 0) is 34.6 Å². The molecular formula is C8H21N3O2S. The zero-order valence-electron chi connectivity index (χ0n) is 9.51. The van der Waals surface area contributed by atoms with Crippen molar-refractivity contribution < 1.29 is 8.42 Å². The Kier molecular flexibility index (Phi) is 4.09. The molecule has 0 saturated heterocycles. The van der Waals surface area contributed by atoms with E-state index in [1.807, 2.05) is 0 Å². The molecule has 14 heavy (non-hydrogen) atoms. The van der Waals surface area contributed by atoms with Gasteiger partial charge < -0.3 is 5.73 Å². The standard InChI is InChI=1S/C8H21N3O2S/c1-7(2,3)11-14(12,13)10-6-8(4,5)9/h10-11H,6,9H2,1-5H3. The molecule has 0 fully saturated rings. The molecule has 0 radical (unpaired) electrons. The summed E-state index contributed by atoms with van der Waals surface area (Å²) in [6.45, 7) is 9.05. The Labute approximate surface area is 86.6 Å². The molecule has 0 aromatic heterocycles. The summed E-state index contributed by atoms with van der Waals surface area (Å²) in [6, 6.07) is 0. The highest BCUT2D eigenvalue weighted by molar-refractivity contribution is 7.87. The summed E-state index contributed by atoms with van der Waals surface area (Å²) < 4.78 is 27.7. The van der Waals surface area contributed by atoms with Gasteiger partial charge in [-0.2, -0.15) is 13.1 Å². The summed E-state index contributed by atoms with van der Waals surface area (Å²) in [5, 5.41) is 0. The molecular weight excluding hydrogens is 202 g/mol. The van der Waals surface area contributed by atoms with Crippen LogP contribution in [0, 0.1) is 0 Å². The summed E-state index contributed by atoms with van der Waals surface area (Å²) >= 11 is 0. The normalized spacial score (nSPS) is 14.4. The van der Waals surface area contributed by atoms with Crippen LogP contribution in [0.5, 0.6) is 0 Å². The van der Waals surface area contributed by atoms with Gasteiger partial charge >= 0.3 is 0 Å². The third-order valence-corrected chi connectivity index (χ3v) is 2.56. The Morgan fingerprint density at radius 3 is 1.86 bits per heavy atom. The van der Waals surface area contributed by atoms with E-state index in [4.69, 9.17) is 5.73 Å². The molecule has 0 rings (SSSR count). The van der Waals surface area contributed by atoms with Gasteiger partial charge in [0.2, 0.25) is 0 Å². The third-order valence-electron chi connectivity index (χ3n) is 1.16. The fourth-order valence-corrected chi connectivity index (χ4v) is 2.16. The summed E-state index contributed by atoms with van der Waals surface area (Å²) in [5.74, 6) is 0. The molecule has 0 spiro atoms. The first kappa shape index (κ1) is 13.8. The largest absolute Gasteiger partial charge is 0.324 e. The minimum Gasteiger partial charge on any atom is -0.324 e. The topological polar surface area (TPSA) is 84.2 Å². The molecule has 6 heteroatoms. The van der Waals surface area contributed by atoms with Crippen molar-refractivity contribution in [3.05, 3.63) is 0 Å². The SMILES string of the molecule is CC(C)(N)CNS(=O)(=O)NC(C)(C)C. The van der Waals surface area contributed by atoms with Crippen LogP contribution in [-0.2, 0) is 10.2 Å². The summed E-state index contributed by atoms with van der Waals surface area (Å²) in [7, 11) is -3.45. The second-order valence-corrected chi connectivity index (χ2v) is 6.66. The van der Waals surface area contributed by atoms with Crippen LogP contribution in [0.2, 0.25) is 0 Å². The zero-order chi connectivity index (χ0) is 11.6. The van der Waals surface area contributed by atoms with Crippen LogP contribution >= 0.6 is 0 Å². The lowest BCUT2D eigenvalue weighted by molar-refractivity contribution is 0.463. The number of nitrogens with two attached hydrogens (primary N) is 1. The van der Waals surface area contributed by atoms with Gasteiger partial charge in [-0.3, -0.25) is 0 Å². The van der Waals surface area contributed by atoms with E-state index in [-0.39, 0.29) is 6.54 Å². The van der Waals surface area contributed by atoms with Crippen molar-refractivity contribution in [2.45, 2.75) is 45.7 Å². The maximum atomic E-state index is 11.4. The Balaban J connectivity index is 4.25. The monoisotopic (exact) mass is 223 g/mol. The van der Waals surface area contributed by atoms with Gasteiger partial charge in [-0.25, -0.2) is 4.72 Å². The highest BCUT2D eigenvalue weighted by Crippen LogP contribution is 2.01. The molecule has 0 amide bonds. The molecule has 0 unspecified atom stereocenters. The molecule has 86 valence electrons. The van der Waals surface area contributed by atoms with Crippen molar-refractivity contribution in [3.63, 3.8) is 0 Å². The van der Waals surface area contributed by atoms with Crippen molar-refractivity contribution >= 4 is 10.2 Å². The van der Waals surface area contributed by atoms with Crippen molar-refractivity contribution in [1.82, 2.24) is 9.44 Å². The number of hydrogen-bond acceptors (Lipinski definition) is 3. The lowest BCUT2D eigenvalue weighted by Crippen LogP contribution is -2.52. The fourth-order valence-electron chi connectivity index (χ4n) is 0.720. The van der Waals surface area contributed by atoms with E-state index in [0.29, 0.717) is 0 Å². The van der Waals surface area contributed by atoms with Crippen molar-refractivity contribution in [2.75, 3.05) is 6.54 Å². The second-order valence-electron chi connectivity index (χ2n) is 5.17. The molecule has 0 aliphatic rings. The molecule has 0 aromatic rings. The van der Waals surface area contributed by atoms with Crippen LogP contribution in [-0.4, -0.2) is 26.0 Å². The van der Waals surface area contributed by atoms with Gasteiger partial charge in [0, 0.05) is 17.6 Å². The average Bonchev–Trinajstić information content (AvgIpc) is 1.76. The van der Waals surface area contributed by atoms with E-state index >= 15 is 0 Å². The van der Waals surface area contributed by atoms with E-state index in [2.05, 4.69) is 9.44 Å².